The predicted molar refractivity (Wildman–Crippen MR) is 98.0 cm³/mol. The number of benzene rings is 2. The van der Waals surface area contributed by atoms with Crippen LogP contribution >= 0.6 is 11.8 Å². The van der Waals surface area contributed by atoms with Gasteiger partial charge in [0, 0.05) is 11.3 Å². The third-order valence-corrected chi connectivity index (χ3v) is 4.34. The van der Waals surface area contributed by atoms with Gasteiger partial charge in [0.1, 0.15) is 5.75 Å². The predicted octanol–water partition coefficient (Wildman–Crippen LogP) is 2.99. The minimum Gasteiger partial charge on any atom is -0.435 e. The molecule has 0 spiro atoms. The Balaban J connectivity index is 1.56. The summed E-state index contributed by atoms with van der Waals surface area (Å²) in [5, 5.41) is 11.1. The summed E-state index contributed by atoms with van der Waals surface area (Å²) in [4.78, 5) is 12.1. The smallest absolute Gasteiger partial charge is 0.387 e. The molecule has 0 aliphatic heterocycles. The molecule has 0 fully saturated rings. The highest BCUT2D eigenvalue weighted by Crippen LogP contribution is 2.22. The zero-order chi connectivity index (χ0) is 19.2. The van der Waals surface area contributed by atoms with Gasteiger partial charge in [-0.3, -0.25) is 4.79 Å². The molecular formula is C17H15F2N5O2S. The van der Waals surface area contributed by atoms with E-state index in [0.29, 0.717) is 16.7 Å². The number of nitrogen functional groups attached to an aromatic ring is 1. The Labute approximate surface area is 157 Å². The van der Waals surface area contributed by atoms with Crippen molar-refractivity contribution < 1.29 is 18.3 Å². The highest BCUT2D eigenvalue weighted by atomic mass is 32.2. The fraction of sp³-hybridized carbons (Fsp3) is 0.118. The second-order valence-corrected chi connectivity index (χ2v) is 6.22. The van der Waals surface area contributed by atoms with Crippen LogP contribution in [0, 0.1) is 0 Å². The molecule has 1 heterocycles. The summed E-state index contributed by atoms with van der Waals surface area (Å²) < 4.78 is 29.8. The number of halogens is 2. The van der Waals surface area contributed by atoms with Crippen LogP contribution in [0.15, 0.2) is 59.8 Å². The quantitative estimate of drug-likeness (QED) is 0.475. The van der Waals surface area contributed by atoms with Crippen LogP contribution in [0.2, 0.25) is 0 Å². The summed E-state index contributed by atoms with van der Waals surface area (Å²) in [5.41, 5.74) is 1.27. The van der Waals surface area contributed by atoms with E-state index < -0.39 is 6.61 Å². The standard InChI is InChI=1S/C17H15F2N5O2S/c18-16(19)26-13-8-6-12(7-9-13)21-14(25)10-27-17-23-22-15(24(17)20)11-4-2-1-3-5-11/h1-9,16H,10,20H2,(H,21,25). The monoisotopic (exact) mass is 391 g/mol. The molecule has 140 valence electrons. The number of hydrogen-bond acceptors (Lipinski definition) is 6. The molecule has 3 rings (SSSR count). The third kappa shape index (κ3) is 4.94. The van der Waals surface area contributed by atoms with E-state index in [9.17, 15) is 13.6 Å². The topological polar surface area (TPSA) is 95.1 Å². The molecule has 0 aliphatic rings. The highest BCUT2D eigenvalue weighted by Gasteiger charge is 2.13. The molecule has 1 amide bonds. The van der Waals surface area contributed by atoms with Crippen LogP contribution < -0.4 is 15.9 Å². The Kier molecular flexibility index (Phi) is 5.87. The van der Waals surface area contributed by atoms with Crippen LogP contribution in [-0.4, -0.2) is 33.1 Å². The Morgan fingerprint density at radius 2 is 1.85 bits per heavy atom. The summed E-state index contributed by atoms with van der Waals surface area (Å²) in [6.45, 7) is -2.89. The van der Waals surface area contributed by atoms with Crippen LogP contribution in [0.25, 0.3) is 11.4 Å². The Morgan fingerprint density at radius 3 is 2.52 bits per heavy atom. The summed E-state index contributed by atoms with van der Waals surface area (Å²) >= 11 is 1.13. The van der Waals surface area contributed by atoms with Gasteiger partial charge in [-0.15, -0.1) is 10.2 Å². The molecule has 10 heteroatoms. The summed E-state index contributed by atoms with van der Waals surface area (Å²) in [7, 11) is 0. The van der Waals surface area contributed by atoms with E-state index >= 15 is 0 Å². The lowest BCUT2D eigenvalue weighted by atomic mass is 10.2. The van der Waals surface area contributed by atoms with Gasteiger partial charge in [-0.05, 0) is 24.3 Å². The van der Waals surface area contributed by atoms with Gasteiger partial charge < -0.3 is 15.9 Å². The first-order valence-electron chi connectivity index (χ1n) is 7.76. The minimum atomic E-state index is -2.89. The van der Waals surface area contributed by atoms with Gasteiger partial charge in [0.25, 0.3) is 0 Å². The average Bonchev–Trinajstić information content (AvgIpc) is 3.02. The number of amides is 1. The lowest BCUT2D eigenvalue weighted by Crippen LogP contribution is -2.16. The number of nitrogens with two attached hydrogens (primary N) is 1. The third-order valence-electron chi connectivity index (χ3n) is 3.39. The number of nitrogens with one attached hydrogen (secondary N) is 1. The molecule has 7 nitrogen and oxygen atoms in total. The molecule has 0 bridgehead atoms. The van der Waals surface area contributed by atoms with Gasteiger partial charge in [-0.25, -0.2) is 4.68 Å². The van der Waals surface area contributed by atoms with Crippen LogP contribution in [0.3, 0.4) is 0 Å². The number of rotatable bonds is 7. The normalized spacial score (nSPS) is 10.8. The molecule has 3 aromatic rings. The van der Waals surface area contributed by atoms with Gasteiger partial charge in [-0.2, -0.15) is 8.78 Å². The van der Waals surface area contributed by atoms with Crippen molar-refractivity contribution in [3.05, 3.63) is 54.6 Å². The number of anilines is 1. The summed E-state index contributed by atoms with van der Waals surface area (Å²) in [5.74, 6) is 6.26. The van der Waals surface area contributed by atoms with Crippen molar-refractivity contribution in [3.63, 3.8) is 0 Å². The fourth-order valence-corrected chi connectivity index (χ4v) is 2.86. The number of aromatic nitrogens is 3. The van der Waals surface area contributed by atoms with E-state index in [1.165, 1.54) is 28.9 Å². The van der Waals surface area contributed by atoms with E-state index in [2.05, 4.69) is 20.3 Å². The lowest BCUT2D eigenvalue weighted by Gasteiger charge is -2.07. The minimum absolute atomic E-state index is 0.0158. The van der Waals surface area contributed by atoms with Gasteiger partial charge in [0.05, 0.1) is 5.75 Å². The van der Waals surface area contributed by atoms with Crippen molar-refractivity contribution in [1.29, 1.82) is 0 Å². The zero-order valence-corrected chi connectivity index (χ0v) is 14.7. The number of alkyl halides is 2. The molecular weight excluding hydrogens is 376 g/mol. The fourth-order valence-electron chi connectivity index (χ4n) is 2.21. The first-order valence-corrected chi connectivity index (χ1v) is 8.75. The first kappa shape index (κ1) is 18.6. The van der Waals surface area contributed by atoms with E-state index in [0.717, 1.165) is 17.3 Å². The van der Waals surface area contributed by atoms with E-state index in [1.807, 2.05) is 30.3 Å². The second-order valence-electron chi connectivity index (χ2n) is 5.28. The van der Waals surface area contributed by atoms with E-state index in [1.54, 1.807) is 0 Å². The van der Waals surface area contributed by atoms with Gasteiger partial charge >= 0.3 is 6.61 Å². The van der Waals surface area contributed by atoms with Crippen LogP contribution in [-0.2, 0) is 4.79 Å². The molecule has 1 aromatic heterocycles. The van der Waals surface area contributed by atoms with Gasteiger partial charge in [0.15, 0.2) is 5.82 Å². The van der Waals surface area contributed by atoms with Crippen LogP contribution in [0.5, 0.6) is 5.75 Å². The number of carbonyl (C=O) groups excluding carboxylic acids is 1. The van der Waals surface area contributed by atoms with E-state index in [4.69, 9.17) is 5.84 Å². The molecule has 0 atom stereocenters. The maximum Gasteiger partial charge on any atom is 0.387 e. The largest absolute Gasteiger partial charge is 0.435 e. The lowest BCUT2D eigenvalue weighted by molar-refractivity contribution is -0.113. The van der Waals surface area contributed by atoms with Crippen LogP contribution in [0.1, 0.15) is 0 Å². The molecule has 27 heavy (non-hydrogen) atoms. The van der Waals surface area contributed by atoms with Gasteiger partial charge in [0.2, 0.25) is 11.1 Å². The molecule has 3 N–H and O–H groups in total. The molecule has 0 saturated heterocycles. The molecule has 0 aliphatic carbocycles. The Hall–Kier alpha value is -3.14. The molecule has 0 saturated carbocycles. The van der Waals surface area contributed by atoms with Crippen LogP contribution in [0.4, 0.5) is 14.5 Å². The zero-order valence-electron chi connectivity index (χ0n) is 13.9. The summed E-state index contributed by atoms with van der Waals surface area (Å²) in [6.07, 6.45) is 0. The number of ether oxygens (including phenoxy) is 1. The van der Waals surface area contributed by atoms with Gasteiger partial charge in [-0.1, -0.05) is 42.1 Å². The van der Waals surface area contributed by atoms with Crippen molar-refractivity contribution in [2.45, 2.75) is 11.8 Å². The van der Waals surface area contributed by atoms with E-state index in [-0.39, 0.29) is 17.4 Å². The number of hydrogen-bond donors (Lipinski definition) is 2. The maximum absolute atomic E-state index is 12.1. The average molecular weight is 391 g/mol. The SMILES string of the molecule is Nn1c(SCC(=O)Nc2ccc(OC(F)F)cc2)nnc1-c1ccccc1. The van der Waals surface area contributed by atoms with Crippen molar-refractivity contribution in [3.8, 4) is 17.1 Å². The second kappa shape index (κ2) is 8.49. The van der Waals surface area contributed by atoms with Crippen molar-refractivity contribution in [2.24, 2.45) is 0 Å². The Morgan fingerprint density at radius 1 is 1.15 bits per heavy atom. The van der Waals surface area contributed by atoms with Crippen molar-refractivity contribution in [1.82, 2.24) is 14.9 Å². The van der Waals surface area contributed by atoms with Crippen molar-refractivity contribution in [2.75, 3.05) is 16.9 Å². The summed E-state index contributed by atoms with van der Waals surface area (Å²) in [6, 6.07) is 15.0. The molecule has 0 unspecified atom stereocenters. The maximum atomic E-state index is 12.1. The number of nitrogens with zero attached hydrogens (tertiary/aromatic N) is 3. The highest BCUT2D eigenvalue weighted by molar-refractivity contribution is 7.99. The number of thioether (sulfide) groups is 1. The van der Waals surface area contributed by atoms with Crippen molar-refractivity contribution >= 4 is 23.4 Å². The molecule has 2 aromatic carbocycles. The first-order chi connectivity index (χ1) is 13.0. The Bertz CT molecular complexity index is 903. The number of carbonyl (C=O) groups is 1. The molecule has 0 radical (unpaired) electrons.